The summed E-state index contributed by atoms with van der Waals surface area (Å²) in [5.74, 6) is 1.22. The molecule has 4 heteroatoms. The third-order valence-corrected chi connectivity index (χ3v) is 4.74. The van der Waals surface area contributed by atoms with E-state index in [1.54, 1.807) is 0 Å². The lowest BCUT2D eigenvalue weighted by molar-refractivity contribution is 0.182. The van der Waals surface area contributed by atoms with Gasteiger partial charge in [-0.2, -0.15) is 0 Å². The third kappa shape index (κ3) is 3.18. The molecule has 2 atom stereocenters. The molecule has 1 N–H and O–H groups in total. The fourth-order valence-corrected chi connectivity index (χ4v) is 3.33. The zero-order valence-electron chi connectivity index (χ0n) is 10.2. The van der Waals surface area contributed by atoms with Crippen LogP contribution in [0.5, 0.6) is 0 Å². The van der Waals surface area contributed by atoms with E-state index < -0.39 is 10.0 Å². The van der Waals surface area contributed by atoms with Crippen LogP contribution in [0.25, 0.3) is 0 Å². The monoisotopic (exact) mass is 233 g/mol. The normalized spacial score (nSPS) is 30.7. The standard InChI is InChI=1S/C11H23NO2S/c1-5-9-6-7-10(11(9,2)3)8-12-15(4,13)14/h9-10,12H,5-8H2,1-4H3. The fraction of sp³-hybridized carbons (Fsp3) is 1.00. The van der Waals surface area contributed by atoms with Gasteiger partial charge in [0.25, 0.3) is 0 Å². The average molecular weight is 233 g/mol. The maximum atomic E-state index is 11.0. The first-order chi connectivity index (χ1) is 6.77. The van der Waals surface area contributed by atoms with Gasteiger partial charge in [0.05, 0.1) is 6.26 Å². The predicted octanol–water partition coefficient (Wildman–Crippen LogP) is 2.00. The van der Waals surface area contributed by atoms with Gasteiger partial charge < -0.3 is 0 Å². The SMILES string of the molecule is CCC1CCC(CNS(C)(=O)=O)C1(C)C. The Morgan fingerprint density at radius 2 is 1.80 bits per heavy atom. The van der Waals surface area contributed by atoms with Gasteiger partial charge in [-0.1, -0.05) is 27.2 Å². The molecule has 1 rings (SSSR count). The first kappa shape index (κ1) is 13.0. The molecule has 90 valence electrons. The van der Waals surface area contributed by atoms with Crippen LogP contribution in [0.1, 0.15) is 40.0 Å². The van der Waals surface area contributed by atoms with Gasteiger partial charge in [0, 0.05) is 6.54 Å². The summed E-state index contributed by atoms with van der Waals surface area (Å²) < 4.78 is 24.7. The first-order valence-electron chi connectivity index (χ1n) is 5.72. The van der Waals surface area contributed by atoms with E-state index in [1.807, 2.05) is 0 Å². The lowest BCUT2D eigenvalue weighted by Gasteiger charge is -2.32. The van der Waals surface area contributed by atoms with Crippen molar-refractivity contribution in [2.75, 3.05) is 12.8 Å². The summed E-state index contributed by atoms with van der Waals surface area (Å²) in [6.07, 6.45) is 4.81. The van der Waals surface area contributed by atoms with Crippen LogP contribution in [0.15, 0.2) is 0 Å². The van der Waals surface area contributed by atoms with Gasteiger partial charge >= 0.3 is 0 Å². The van der Waals surface area contributed by atoms with Crippen molar-refractivity contribution < 1.29 is 8.42 Å². The molecule has 0 radical (unpaired) electrons. The van der Waals surface area contributed by atoms with E-state index in [-0.39, 0.29) is 5.41 Å². The van der Waals surface area contributed by atoms with Crippen LogP contribution in [0, 0.1) is 17.3 Å². The molecule has 15 heavy (non-hydrogen) atoms. The molecular weight excluding hydrogens is 210 g/mol. The molecule has 0 bridgehead atoms. The molecule has 0 aliphatic heterocycles. The molecule has 0 aromatic heterocycles. The van der Waals surface area contributed by atoms with Crippen LogP contribution in [0.2, 0.25) is 0 Å². The minimum atomic E-state index is -3.04. The Hall–Kier alpha value is -0.0900. The smallest absolute Gasteiger partial charge is 0.208 e. The highest BCUT2D eigenvalue weighted by atomic mass is 32.2. The molecule has 1 aliphatic rings. The fourth-order valence-electron chi connectivity index (χ4n) is 2.83. The quantitative estimate of drug-likeness (QED) is 0.807. The van der Waals surface area contributed by atoms with E-state index in [4.69, 9.17) is 0 Å². The van der Waals surface area contributed by atoms with E-state index >= 15 is 0 Å². The van der Waals surface area contributed by atoms with Gasteiger partial charge in [-0.05, 0) is 30.1 Å². The molecule has 0 saturated heterocycles. The summed E-state index contributed by atoms with van der Waals surface area (Å²) in [6, 6.07) is 0. The minimum absolute atomic E-state index is 0.270. The maximum absolute atomic E-state index is 11.0. The van der Waals surface area contributed by atoms with Crippen molar-refractivity contribution in [3.63, 3.8) is 0 Å². The van der Waals surface area contributed by atoms with Gasteiger partial charge in [0.15, 0.2) is 0 Å². The topological polar surface area (TPSA) is 46.2 Å². The van der Waals surface area contributed by atoms with Crippen molar-refractivity contribution in [1.29, 1.82) is 0 Å². The lowest BCUT2D eigenvalue weighted by atomic mass is 9.74. The highest BCUT2D eigenvalue weighted by Gasteiger charge is 2.41. The molecule has 1 aliphatic carbocycles. The highest BCUT2D eigenvalue weighted by Crippen LogP contribution is 2.48. The molecule has 1 fully saturated rings. The zero-order chi connectivity index (χ0) is 11.7. The molecule has 2 unspecified atom stereocenters. The highest BCUT2D eigenvalue weighted by molar-refractivity contribution is 7.88. The summed E-state index contributed by atoms with van der Waals surface area (Å²) in [4.78, 5) is 0. The van der Waals surface area contributed by atoms with Crippen LogP contribution < -0.4 is 4.72 Å². The Morgan fingerprint density at radius 3 is 2.20 bits per heavy atom. The van der Waals surface area contributed by atoms with Gasteiger partial charge in [0.1, 0.15) is 0 Å². The van der Waals surface area contributed by atoms with Crippen LogP contribution in [0.3, 0.4) is 0 Å². The molecule has 0 spiro atoms. The Labute approximate surface area is 93.7 Å². The van der Waals surface area contributed by atoms with Crippen molar-refractivity contribution in [3.8, 4) is 0 Å². The first-order valence-corrected chi connectivity index (χ1v) is 7.61. The Balaban J connectivity index is 2.58. The summed E-state index contributed by atoms with van der Waals surface area (Å²) in [7, 11) is -3.04. The van der Waals surface area contributed by atoms with Crippen molar-refractivity contribution in [2.45, 2.75) is 40.0 Å². The summed E-state index contributed by atoms with van der Waals surface area (Å²) in [5, 5.41) is 0. The average Bonchev–Trinajstić information content (AvgIpc) is 2.35. The minimum Gasteiger partial charge on any atom is -0.215 e. The molecule has 3 nitrogen and oxygen atoms in total. The van der Waals surface area contributed by atoms with Gasteiger partial charge in [-0.3, -0.25) is 0 Å². The molecule has 0 heterocycles. The molecular formula is C11H23NO2S. The number of rotatable bonds is 4. The molecule has 1 saturated carbocycles. The summed E-state index contributed by atoms with van der Waals surface area (Å²) >= 11 is 0. The van der Waals surface area contributed by atoms with E-state index in [1.165, 1.54) is 19.1 Å². The van der Waals surface area contributed by atoms with E-state index in [2.05, 4.69) is 25.5 Å². The Bertz CT molecular complexity index is 309. The van der Waals surface area contributed by atoms with Crippen molar-refractivity contribution in [2.24, 2.45) is 17.3 Å². The van der Waals surface area contributed by atoms with Gasteiger partial charge in [-0.15, -0.1) is 0 Å². The number of hydrogen-bond donors (Lipinski definition) is 1. The van der Waals surface area contributed by atoms with Crippen LogP contribution in [-0.4, -0.2) is 21.2 Å². The van der Waals surface area contributed by atoms with Crippen LogP contribution >= 0.6 is 0 Å². The summed E-state index contributed by atoms with van der Waals surface area (Å²) in [5.41, 5.74) is 0.270. The third-order valence-electron chi connectivity index (χ3n) is 4.05. The second kappa shape index (κ2) is 4.42. The zero-order valence-corrected chi connectivity index (χ0v) is 11.0. The largest absolute Gasteiger partial charge is 0.215 e. The second-order valence-electron chi connectivity index (χ2n) is 5.32. The van der Waals surface area contributed by atoms with Crippen molar-refractivity contribution in [3.05, 3.63) is 0 Å². The van der Waals surface area contributed by atoms with Crippen LogP contribution in [-0.2, 0) is 10.0 Å². The molecule has 0 amide bonds. The Morgan fingerprint density at radius 1 is 1.27 bits per heavy atom. The van der Waals surface area contributed by atoms with Gasteiger partial charge in [0.2, 0.25) is 10.0 Å². The molecule has 0 aromatic rings. The van der Waals surface area contributed by atoms with Crippen molar-refractivity contribution >= 4 is 10.0 Å². The van der Waals surface area contributed by atoms with Crippen molar-refractivity contribution in [1.82, 2.24) is 4.72 Å². The number of nitrogens with one attached hydrogen (secondary N) is 1. The Kier molecular flexibility index (Phi) is 3.82. The van der Waals surface area contributed by atoms with Gasteiger partial charge in [-0.25, -0.2) is 13.1 Å². The van der Waals surface area contributed by atoms with E-state index in [0.29, 0.717) is 12.5 Å². The maximum Gasteiger partial charge on any atom is 0.208 e. The summed E-state index contributed by atoms with van der Waals surface area (Å²) in [6.45, 7) is 7.35. The molecule has 0 aromatic carbocycles. The van der Waals surface area contributed by atoms with Crippen LogP contribution in [0.4, 0.5) is 0 Å². The second-order valence-corrected chi connectivity index (χ2v) is 7.15. The van der Waals surface area contributed by atoms with E-state index in [9.17, 15) is 8.42 Å². The predicted molar refractivity (Wildman–Crippen MR) is 63.1 cm³/mol. The number of sulfonamides is 1. The number of hydrogen-bond acceptors (Lipinski definition) is 2. The lowest BCUT2D eigenvalue weighted by Crippen LogP contribution is -2.35. The van der Waals surface area contributed by atoms with E-state index in [0.717, 1.165) is 12.3 Å².